The van der Waals surface area contributed by atoms with E-state index in [1.54, 1.807) is 0 Å². The van der Waals surface area contributed by atoms with Crippen LogP contribution < -0.4 is 10.6 Å². The Hall–Kier alpha value is -2.79. The minimum atomic E-state index is -1.69. The SMILES string of the molecule is CC(C)C[C@H](NC(=O)[C@H](Cc1ccccc1)NC(=O)c1cnccn1)B(O)O.OBO. The van der Waals surface area contributed by atoms with Gasteiger partial charge in [-0.2, -0.15) is 0 Å². The van der Waals surface area contributed by atoms with Gasteiger partial charge in [0.25, 0.3) is 5.91 Å². The van der Waals surface area contributed by atoms with E-state index in [9.17, 15) is 19.6 Å². The van der Waals surface area contributed by atoms with Crippen LogP contribution in [0.4, 0.5) is 0 Å². The summed E-state index contributed by atoms with van der Waals surface area (Å²) in [4.78, 5) is 33.1. The van der Waals surface area contributed by atoms with Crippen LogP contribution in [-0.4, -0.2) is 68.7 Å². The quantitative estimate of drug-likeness (QED) is 0.265. The number of aromatic nitrogens is 2. The summed E-state index contributed by atoms with van der Waals surface area (Å²) in [6.45, 7) is 3.83. The third-order valence-electron chi connectivity index (χ3n) is 4.11. The Labute approximate surface area is 182 Å². The lowest BCUT2D eigenvalue weighted by Gasteiger charge is -2.24. The molecule has 0 saturated heterocycles. The highest BCUT2D eigenvalue weighted by Gasteiger charge is 2.30. The molecule has 6 N–H and O–H groups in total. The maximum absolute atomic E-state index is 12.8. The van der Waals surface area contributed by atoms with Crippen molar-refractivity contribution in [3.63, 3.8) is 0 Å². The predicted molar refractivity (Wildman–Crippen MR) is 117 cm³/mol. The molecule has 1 aromatic heterocycles. The lowest BCUT2D eigenvalue weighted by molar-refractivity contribution is -0.123. The molecule has 0 aliphatic heterocycles. The summed E-state index contributed by atoms with van der Waals surface area (Å²) in [6.07, 6.45) is 4.78. The molecule has 0 radical (unpaired) electrons. The zero-order chi connectivity index (χ0) is 23.2. The van der Waals surface area contributed by atoms with Crippen molar-refractivity contribution in [2.45, 2.75) is 38.7 Å². The Morgan fingerprint density at radius 3 is 2.26 bits per heavy atom. The van der Waals surface area contributed by atoms with Crippen molar-refractivity contribution < 1.29 is 29.7 Å². The Kier molecular flexibility index (Phi) is 12.1. The van der Waals surface area contributed by atoms with E-state index in [0.29, 0.717) is 6.42 Å². The number of benzene rings is 1. The molecule has 0 aliphatic carbocycles. The fourth-order valence-electron chi connectivity index (χ4n) is 2.75. The molecule has 1 aromatic carbocycles. The third kappa shape index (κ3) is 10.2. The van der Waals surface area contributed by atoms with Crippen molar-refractivity contribution in [2.24, 2.45) is 5.92 Å². The maximum Gasteiger partial charge on any atom is 0.475 e. The molecule has 2 atom stereocenters. The van der Waals surface area contributed by atoms with E-state index >= 15 is 0 Å². The van der Waals surface area contributed by atoms with Crippen LogP contribution in [0.2, 0.25) is 0 Å². The van der Waals surface area contributed by atoms with Gasteiger partial charge in [-0.25, -0.2) is 4.98 Å². The average Bonchev–Trinajstić information content (AvgIpc) is 2.74. The molecule has 0 unspecified atom stereocenters. The highest BCUT2D eigenvalue weighted by atomic mass is 16.4. The summed E-state index contributed by atoms with van der Waals surface area (Å²) in [5.41, 5.74) is 0.946. The summed E-state index contributed by atoms with van der Waals surface area (Å²) >= 11 is 0. The lowest BCUT2D eigenvalue weighted by atomic mass is 9.75. The van der Waals surface area contributed by atoms with E-state index in [-0.39, 0.29) is 18.0 Å². The Bertz CT molecular complexity index is 783. The molecule has 2 rings (SSSR count). The lowest BCUT2D eigenvalue weighted by Crippen LogP contribution is -2.55. The van der Waals surface area contributed by atoms with Crippen LogP contribution in [0.1, 0.15) is 36.3 Å². The first-order valence-corrected chi connectivity index (χ1v) is 9.77. The highest BCUT2D eigenvalue weighted by Crippen LogP contribution is 2.09. The number of hydrogen-bond donors (Lipinski definition) is 6. The van der Waals surface area contributed by atoms with E-state index in [2.05, 4.69) is 20.6 Å². The summed E-state index contributed by atoms with van der Waals surface area (Å²) in [5.74, 6) is -1.72. The smallest absolute Gasteiger partial charge is 0.430 e. The number of amides is 2. The molecule has 166 valence electrons. The second kappa shape index (κ2) is 14.3. The first kappa shape index (κ1) is 26.2. The van der Waals surface area contributed by atoms with Crippen molar-refractivity contribution in [3.05, 3.63) is 60.2 Å². The first-order chi connectivity index (χ1) is 14.8. The van der Waals surface area contributed by atoms with Gasteiger partial charge in [0.15, 0.2) is 0 Å². The van der Waals surface area contributed by atoms with E-state index in [0.717, 1.165) is 5.56 Å². The number of rotatable bonds is 9. The molecule has 0 saturated carbocycles. The molecule has 0 fully saturated rings. The van der Waals surface area contributed by atoms with Crippen LogP contribution in [-0.2, 0) is 11.2 Å². The number of carbonyl (C=O) groups is 2. The fraction of sp³-hybridized carbons (Fsp3) is 0.368. The number of nitrogens with zero attached hydrogens (tertiary/aromatic N) is 2. The number of carbonyl (C=O) groups excluding carboxylic acids is 2. The van der Waals surface area contributed by atoms with Gasteiger partial charge in [-0.15, -0.1) is 0 Å². The molecule has 0 aliphatic rings. The molecule has 0 spiro atoms. The van der Waals surface area contributed by atoms with E-state index < -0.39 is 38.6 Å². The van der Waals surface area contributed by atoms with Crippen molar-refractivity contribution in [3.8, 4) is 0 Å². The maximum atomic E-state index is 12.8. The van der Waals surface area contributed by atoms with Gasteiger partial charge in [0.05, 0.1) is 12.1 Å². The van der Waals surface area contributed by atoms with Crippen LogP contribution in [0, 0.1) is 5.92 Å². The van der Waals surface area contributed by atoms with Crippen LogP contribution in [0.25, 0.3) is 0 Å². The summed E-state index contributed by atoms with van der Waals surface area (Å²) in [5, 5.41) is 38.7. The Balaban J connectivity index is 0.00000151. The second-order valence-corrected chi connectivity index (χ2v) is 7.11. The molecule has 1 heterocycles. The van der Waals surface area contributed by atoms with Gasteiger partial charge >= 0.3 is 14.8 Å². The van der Waals surface area contributed by atoms with Gasteiger partial charge < -0.3 is 30.7 Å². The summed E-state index contributed by atoms with van der Waals surface area (Å²) in [7, 11) is -2.44. The van der Waals surface area contributed by atoms with Crippen molar-refractivity contribution in [2.75, 3.05) is 0 Å². The molecular weight excluding hydrogens is 402 g/mol. The highest BCUT2D eigenvalue weighted by molar-refractivity contribution is 6.43. The van der Waals surface area contributed by atoms with Gasteiger partial charge in [-0.05, 0) is 17.9 Å². The van der Waals surface area contributed by atoms with Crippen LogP contribution >= 0.6 is 0 Å². The molecule has 31 heavy (non-hydrogen) atoms. The minimum Gasteiger partial charge on any atom is -0.430 e. The first-order valence-electron chi connectivity index (χ1n) is 9.77. The zero-order valence-electron chi connectivity index (χ0n) is 17.5. The monoisotopic (exact) mass is 430 g/mol. The van der Waals surface area contributed by atoms with E-state index in [1.807, 2.05) is 44.2 Å². The zero-order valence-corrected chi connectivity index (χ0v) is 17.5. The van der Waals surface area contributed by atoms with E-state index in [1.165, 1.54) is 18.6 Å². The molecule has 0 bridgehead atoms. The van der Waals surface area contributed by atoms with Crippen molar-refractivity contribution in [1.82, 2.24) is 20.6 Å². The topological polar surface area (TPSA) is 165 Å². The average molecular weight is 430 g/mol. The number of nitrogens with one attached hydrogen (secondary N) is 2. The minimum absolute atomic E-state index is 0.0919. The molecular formula is C19H28B2N4O6. The van der Waals surface area contributed by atoms with Crippen molar-refractivity contribution >= 4 is 26.6 Å². The Morgan fingerprint density at radius 1 is 1.10 bits per heavy atom. The Morgan fingerprint density at radius 2 is 1.74 bits per heavy atom. The second-order valence-electron chi connectivity index (χ2n) is 7.11. The van der Waals surface area contributed by atoms with Gasteiger partial charge in [-0.3, -0.25) is 14.6 Å². The summed E-state index contributed by atoms with van der Waals surface area (Å²) in [6, 6.07) is 8.33. The molecule has 10 nitrogen and oxygen atoms in total. The summed E-state index contributed by atoms with van der Waals surface area (Å²) < 4.78 is 0. The molecule has 12 heteroatoms. The molecule has 2 aromatic rings. The molecule has 2 amide bonds. The van der Waals surface area contributed by atoms with Gasteiger partial charge in [-0.1, -0.05) is 44.2 Å². The largest absolute Gasteiger partial charge is 0.475 e. The van der Waals surface area contributed by atoms with Gasteiger partial charge in [0.2, 0.25) is 5.91 Å². The van der Waals surface area contributed by atoms with Crippen LogP contribution in [0.15, 0.2) is 48.9 Å². The normalized spacial score (nSPS) is 12.1. The number of hydrogen-bond acceptors (Lipinski definition) is 8. The predicted octanol–water partition coefficient (Wildman–Crippen LogP) is -1.40. The van der Waals surface area contributed by atoms with Gasteiger partial charge in [0.1, 0.15) is 11.7 Å². The standard InChI is InChI=1S/C19H25BN4O4.BH3O2/c1-13(2)10-17(20(27)28)24-18(25)15(11-14-6-4-3-5-7-14)23-19(26)16-12-21-8-9-22-16;2-1-3/h3-9,12-13,15,17,27-28H,10-11H2,1-2H3,(H,23,26)(H,24,25);1-3H/t15-,17-;/m0./s1. The van der Waals surface area contributed by atoms with Gasteiger partial charge in [0, 0.05) is 18.8 Å². The van der Waals surface area contributed by atoms with Crippen LogP contribution in [0.3, 0.4) is 0 Å². The third-order valence-corrected chi connectivity index (χ3v) is 4.11. The van der Waals surface area contributed by atoms with Crippen molar-refractivity contribution in [1.29, 1.82) is 0 Å². The van der Waals surface area contributed by atoms with E-state index in [4.69, 9.17) is 10.0 Å². The fourth-order valence-corrected chi connectivity index (χ4v) is 2.75. The van der Waals surface area contributed by atoms with Crippen LogP contribution in [0.5, 0.6) is 0 Å².